The second-order valence-corrected chi connectivity index (χ2v) is 7.10. The van der Waals surface area contributed by atoms with Crippen molar-refractivity contribution in [3.05, 3.63) is 57.6 Å². The molecule has 1 aromatic carbocycles. The van der Waals surface area contributed by atoms with Gasteiger partial charge in [0.15, 0.2) is 23.4 Å². The number of ether oxygens (including phenoxy) is 2. The summed E-state index contributed by atoms with van der Waals surface area (Å²) >= 11 is 0. The van der Waals surface area contributed by atoms with E-state index in [0.29, 0.717) is 42.3 Å². The van der Waals surface area contributed by atoms with E-state index < -0.39 is 17.6 Å². The maximum atomic E-state index is 12.5. The zero-order valence-corrected chi connectivity index (χ0v) is 16.1. The maximum absolute atomic E-state index is 12.5. The SMILES string of the molecule is Cc1cc(C2COc3ccccc3O2)oc(=O)c1C(=O)NCCN1CCCC1=O. The van der Waals surface area contributed by atoms with Crippen LogP contribution in [0.1, 0.15) is 40.6 Å². The summed E-state index contributed by atoms with van der Waals surface area (Å²) in [5.74, 6) is 1.09. The van der Waals surface area contributed by atoms with Gasteiger partial charge < -0.3 is 24.1 Å². The molecule has 1 aromatic heterocycles. The Hall–Kier alpha value is -3.29. The first kappa shape index (κ1) is 19.0. The van der Waals surface area contributed by atoms with Gasteiger partial charge in [0, 0.05) is 26.1 Å². The third-order valence-corrected chi connectivity index (χ3v) is 5.06. The lowest BCUT2D eigenvalue weighted by molar-refractivity contribution is -0.127. The van der Waals surface area contributed by atoms with Gasteiger partial charge in [-0.05, 0) is 37.1 Å². The highest BCUT2D eigenvalue weighted by molar-refractivity contribution is 5.95. The Morgan fingerprint density at radius 2 is 2.03 bits per heavy atom. The highest BCUT2D eigenvalue weighted by Crippen LogP contribution is 2.35. The van der Waals surface area contributed by atoms with Gasteiger partial charge in [-0.15, -0.1) is 0 Å². The van der Waals surface area contributed by atoms with Crippen molar-refractivity contribution in [3.8, 4) is 11.5 Å². The molecule has 0 bridgehead atoms. The van der Waals surface area contributed by atoms with E-state index in [-0.39, 0.29) is 24.6 Å². The van der Waals surface area contributed by atoms with Crippen LogP contribution < -0.4 is 20.4 Å². The molecule has 2 aliphatic rings. The fourth-order valence-electron chi connectivity index (χ4n) is 3.56. The second-order valence-electron chi connectivity index (χ2n) is 7.10. The second kappa shape index (κ2) is 7.98. The molecule has 0 aliphatic carbocycles. The van der Waals surface area contributed by atoms with Crippen molar-refractivity contribution >= 4 is 11.8 Å². The molecule has 3 heterocycles. The third-order valence-electron chi connectivity index (χ3n) is 5.06. The molecule has 2 amide bonds. The number of hydrogen-bond donors (Lipinski definition) is 1. The van der Waals surface area contributed by atoms with Crippen molar-refractivity contribution in [1.82, 2.24) is 10.2 Å². The quantitative estimate of drug-likeness (QED) is 0.825. The average Bonchev–Trinajstić information content (AvgIpc) is 3.12. The Bertz CT molecular complexity index is 999. The standard InChI is InChI=1S/C21H22N2O6/c1-13-11-16(17-12-27-14-5-2-3-6-15(14)28-17)29-21(26)19(13)20(25)22-8-10-23-9-4-7-18(23)24/h2-3,5-6,11,17H,4,7-10,12H2,1H3,(H,22,25). The van der Waals surface area contributed by atoms with Gasteiger partial charge in [0.25, 0.3) is 5.91 Å². The van der Waals surface area contributed by atoms with Gasteiger partial charge in [-0.1, -0.05) is 12.1 Å². The van der Waals surface area contributed by atoms with Crippen LogP contribution in [0.5, 0.6) is 11.5 Å². The van der Waals surface area contributed by atoms with Crippen molar-refractivity contribution in [2.24, 2.45) is 0 Å². The first-order valence-electron chi connectivity index (χ1n) is 9.62. The van der Waals surface area contributed by atoms with Crippen LogP contribution in [0.2, 0.25) is 0 Å². The zero-order chi connectivity index (χ0) is 20.4. The molecule has 1 saturated heterocycles. The summed E-state index contributed by atoms with van der Waals surface area (Å²) in [4.78, 5) is 38.3. The van der Waals surface area contributed by atoms with E-state index in [9.17, 15) is 14.4 Å². The monoisotopic (exact) mass is 398 g/mol. The molecule has 4 rings (SSSR count). The number of amides is 2. The molecule has 1 unspecified atom stereocenters. The number of carbonyl (C=O) groups excluding carboxylic acids is 2. The number of benzene rings is 1. The molecule has 0 saturated carbocycles. The summed E-state index contributed by atoms with van der Waals surface area (Å²) in [5, 5.41) is 2.69. The van der Waals surface area contributed by atoms with Gasteiger partial charge in [-0.25, -0.2) is 4.79 Å². The van der Waals surface area contributed by atoms with Gasteiger partial charge in [-0.2, -0.15) is 0 Å². The summed E-state index contributed by atoms with van der Waals surface area (Å²) in [5.41, 5.74) is -0.274. The number of carbonyl (C=O) groups is 2. The molecule has 152 valence electrons. The number of fused-ring (bicyclic) bond motifs is 1. The summed E-state index contributed by atoms with van der Waals surface area (Å²) in [6, 6.07) is 8.88. The lowest BCUT2D eigenvalue weighted by atomic mass is 10.1. The van der Waals surface area contributed by atoms with E-state index in [1.807, 2.05) is 12.1 Å². The van der Waals surface area contributed by atoms with E-state index in [1.54, 1.807) is 30.0 Å². The van der Waals surface area contributed by atoms with Crippen LogP contribution in [0.25, 0.3) is 0 Å². The number of nitrogens with zero attached hydrogens (tertiary/aromatic N) is 1. The zero-order valence-electron chi connectivity index (χ0n) is 16.1. The number of hydrogen-bond acceptors (Lipinski definition) is 6. The number of rotatable bonds is 5. The molecule has 29 heavy (non-hydrogen) atoms. The van der Waals surface area contributed by atoms with E-state index in [4.69, 9.17) is 13.9 Å². The van der Waals surface area contributed by atoms with E-state index in [0.717, 1.165) is 6.42 Å². The normalized spacial score (nSPS) is 18.0. The fraction of sp³-hybridized carbons (Fsp3) is 0.381. The van der Waals surface area contributed by atoms with Crippen LogP contribution in [0, 0.1) is 6.92 Å². The Labute approximate surface area is 167 Å². The van der Waals surface area contributed by atoms with Crippen molar-refractivity contribution < 1.29 is 23.5 Å². The summed E-state index contributed by atoms with van der Waals surface area (Å²) in [6.07, 6.45) is 0.818. The van der Waals surface area contributed by atoms with Crippen LogP contribution in [0.15, 0.2) is 39.5 Å². The van der Waals surface area contributed by atoms with Crippen LogP contribution in [0.3, 0.4) is 0 Å². The van der Waals surface area contributed by atoms with Crippen LogP contribution in [-0.2, 0) is 4.79 Å². The first-order valence-corrected chi connectivity index (χ1v) is 9.62. The van der Waals surface area contributed by atoms with Crippen LogP contribution >= 0.6 is 0 Å². The molecule has 1 atom stereocenters. The highest BCUT2D eigenvalue weighted by atomic mass is 16.6. The van der Waals surface area contributed by atoms with Crippen LogP contribution in [0.4, 0.5) is 0 Å². The maximum Gasteiger partial charge on any atom is 0.349 e. The lowest BCUT2D eigenvalue weighted by Crippen LogP contribution is -2.37. The number of para-hydroxylation sites is 2. The molecular weight excluding hydrogens is 376 g/mol. The summed E-state index contributed by atoms with van der Waals surface area (Å²) in [7, 11) is 0. The number of nitrogens with one attached hydrogen (secondary N) is 1. The summed E-state index contributed by atoms with van der Waals surface area (Å²) < 4.78 is 16.9. The predicted molar refractivity (Wildman–Crippen MR) is 103 cm³/mol. The van der Waals surface area contributed by atoms with Gasteiger partial charge in [-0.3, -0.25) is 9.59 Å². The Balaban J connectivity index is 1.44. The van der Waals surface area contributed by atoms with Gasteiger partial charge in [0.2, 0.25) is 5.91 Å². The Morgan fingerprint density at radius 1 is 1.24 bits per heavy atom. The first-order chi connectivity index (χ1) is 14.0. The molecule has 1 fully saturated rings. The molecule has 8 nitrogen and oxygen atoms in total. The molecule has 2 aromatic rings. The average molecular weight is 398 g/mol. The Kier molecular flexibility index (Phi) is 5.24. The third kappa shape index (κ3) is 3.96. The van der Waals surface area contributed by atoms with Crippen molar-refractivity contribution in [2.45, 2.75) is 25.9 Å². The smallest absolute Gasteiger partial charge is 0.349 e. The van der Waals surface area contributed by atoms with E-state index in [1.165, 1.54) is 0 Å². The minimum atomic E-state index is -0.725. The largest absolute Gasteiger partial charge is 0.485 e. The highest BCUT2D eigenvalue weighted by Gasteiger charge is 2.27. The molecule has 0 radical (unpaired) electrons. The Morgan fingerprint density at radius 3 is 2.76 bits per heavy atom. The van der Waals surface area contributed by atoms with E-state index >= 15 is 0 Å². The molecule has 2 aliphatic heterocycles. The summed E-state index contributed by atoms with van der Waals surface area (Å²) in [6.45, 7) is 3.30. The van der Waals surface area contributed by atoms with Gasteiger partial charge >= 0.3 is 5.63 Å². The minimum absolute atomic E-state index is 0.0429. The van der Waals surface area contributed by atoms with Gasteiger partial charge in [0.05, 0.1) is 0 Å². The van der Waals surface area contributed by atoms with Crippen molar-refractivity contribution in [3.63, 3.8) is 0 Å². The van der Waals surface area contributed by atoms with Crippen LogP contribution in [-0.4, -0.2) is 43.0 Å². The molecule has 8 heteroatoms. The number of aryl methyl sites for hydroxylation is 1. The molecule has 1 N–H and O–H groups in total. The topological polar surface area (TPSA) is 98.1 Å². The minimum Gasteiger partial charge on any atom is -0.485 e. The molecule has 0 spiro atoms. The lowest BCUT2D eigenvalue weighted by Gasteiger charge is -2.25. The van der Waals surface area contributed by atoms with E-state index in [2.05, 4.69) is 5.32 Å². The van der Waals surface area contributed by atoms with Crippen molar-refractivity contribution in [1.29, 1.82) is 0 Å². The predicted octanol–water partition coefficient (Wildman–Crippen LogP) is 1.81. The van der Waals surface area contributed by atoms with Crippen molar-refractivity contribution in [2.75, 3.05) is 26.2 Å². The fourth-order valence-corrected chi connectivity index (χ4v) is 3.56. The molecular formula is C21H22N2O6. The van der Waals surface area contributed by atoms with Gasteiger partial charge in [0.1, 0.15) is 12.2 Å². The number of likely N-dealkylation sites (tertiary alicyclic amines) is 1.